The van der Waals surface area contributed by atoms with E-state index in [1.807, 2.05) is 0 Å². The molecule has 2 saturated heterocycles. The number of nitrogens with two attached hydrogens (primary N) is 1. The zero-order valence-electron chi connectivity index (χ0n) is 9.00. The van der Waals surface area contributed by atoms with Crippen LogP contribution in [0.1, 0.15) is 35.4 Å². The summed E-state index contributed by atoms with van der Waals surface area (Å²) in [5.41, 5.74) is 7.70. The van der Waals surface area contributed by atoms with Crippen molar-refractivity contribution in [3.8, 4) is 0 Å². The van der Waals surface area contributed by atoms with E-state index in [9.17, 15) is 4.79 Å². The minimum absolute atomic E-state index is 0.155. The Labute approximate surface area is 98.5 Å². The summed E-state index contributed by atoms with van der Waals surface area (Å²) in [7, 11) is 0. The second-order valence-corrected chi connectivity index (χ2v) is 5.58. The molecule has 3 rings (SSSR count). The van der Waals surface area contributed by atoms with Crippen molar-refractivity contribution in [3.05, 3.63) is 16.6 Å². The number of aromatic nitrogens is 1. The van der Waals surface area contributed by atoms with Gasteiger partial charge in [-0.3, -0.25) is 9.78 Å². The third kappa shape index (κ3) is 1.55. The summed E-state index contributed by atoms with van der Waals surface area (Å²) in [4.78, 5) is 19.1. The molecule has 4 nitrogen and oxygen atoms in total. The number of fused-ring (bicyclic) bond motifs is 2. The molecule has 2 bridgehead atoms. The van der Waals surface area contributed by atoms with E-state index in [2.05, 4.69) is 9.88 Å². The molecule has 2 fully saturated rings. The van der Waals surface area contributed by atoms with E-state index in [0.717, 1.165) is 30.6 Å². The molecule has 5 heteroatoms. The van der Waals surface area contributed by atoms with Gasteiger partial charge in [0.2, 0.25) is 0 Å². The zero-order chi connectivity index (χ0) is 11.1. The maximum Gasteiger partial charge on any atom is 0.266 e. The van der Waals surface area contributed by atoms with E-state index in [0.29, 0.717) is 12.1 Å². The largest absolute Gasteiger partial charge is 0.332 e. The van der Waals surface area contributed by atoms with Crippen molar-refractivity contribution in [3.63, 3.8) is 0 Å². The summed E-state index contributed by atoms with van der Waals surface area (Å²) in [6, 6.07) is 1.01. The number of piperidine rings is 1. The van der Waals surface area contributed by atoms with Gasteiger partial charge in [-0.25, -0.2) is 0 Å². The summed E-state index contributed by atoms with van der Waals surface area (Å²) < 4.78 is 0. The Morgan fingerprint density at radius 1 is 1.44 bits per heavy atom. The zero-order valence-corrected chi connectivity index (χ0v) is 9.82. The van der Waals surface area contributed by atoms with Gasteiger partial charge in [-0.1, -0.05) is 0 Å². The van der Waals surface area contributed by atoms with Crippen LogP contribution in [0, 0.1) is 0 Å². The van der Waals surface area contributed by atoms with Crippen LogP contribution >= 0.6 is 11.3 Å². The Morgan fingerprint density at radius 3 is 2.69 bits per heavy atom. The molecule has 1 aromatic rings. The highest BCUT2D eigenvalue weighted by atomic mass is 32.1. The Bertz CT molecular complexity index is 378. The molecule has 86 valence electrons. The van der Waals surface area contributed by atoms with Gasteiger partial charge >= 0.3 is 0 Å². The lowest BCUT2D eigenvalue weighted by molar-refractivity contribution is 0.0580. The van der Waals surface area contributed by atoms with Crippen molar-refractivity contribution in [1.82, 2.24) is 9.88 Å². The van der Waals surface area contributed by atoms with Crippen LogP contribution in [-0.4, -0.2) is 33.9 Å². The van der Waals surface area contributed by atoms with E-state index in [4.69, 9.17) is 5.73 Å². The van der Waals surface area contributed by atoms with Crippen LogP contribution in [0.2, 0.25) is 0 Å². The summed E-state index contributed by atoms with van der Waals surface area (Å²) in [5.74, 6) is 0.155. The fourth-order valence-corrected chi connectivity index (χ4v) is 3.56. The predicted octanol–water partition coefficient (Wildman–Crippen LogP) is 1.24. The number of nitrogens with zero attached hydrogens (tertiary/aromatic N) is 2. The maximum atomic E-state index is 12.3. The molecule has 1 aromatic heterocycles. The molecular weight excluding hydrogens is 222 g/mol. The first-order valence-electron chi connectivity index (χ1n) is 5.72. The summed E-state index contributed by atoms with van der Waals surface area (Å²) in [5, 5.41) is 0. The lowest BCUT2D eigenvalue weighted by atomic mass is 9.98. The Balaban J connectivity index is 1.84. The van der Waals surface area contributed by atoms with Crippen LogP contribution in [0.25, 0.3) is 0 Å². The molecule has 1 amide bonds. The van der Waals surface area contributed by atoms with Crippen LogP contribution < -0.4 is 5.73 Å². The normalized spacial score (nSPS) is 33.1. The highest BCUT2D eigenvalue weighted by Gasteiger charge is 2.42. The molecule has 2 aliphatic rings. The first-order chi connectivity index (χ1) is 7.75. The topological polar surface area (TPSA) is 59.2 Å². The fourth-order valence-electron chi connectivity index (χ4n) is 3.00. The quantitative estimate of drug-likeness (QED) is 0.799. The van der Waals surface area contributed by atoms with Crippen LogP contribution in [0.3, 0.4) is 0 Å². The molecule has 16 heavy (non-hydrogen) atoms. The molecule has 0 aromatic carbocycles. The van der Waals surface area contributed by atoms with Gasteiger partial charge in [0, 0.05) is 18.1 Å². The first-order valence-corrected chi connectivity index (χ1v) is 6.60. The number of carbonyl (C=O) groups excluding carboxylic acids is 1. The monoisotopic (exact) mass is 237 g/mol. The summed E-state index contributed by atoms with van der Waals surface area (Å²) in [6.07, 6.45) is 5.81. The van der Waals surface area contributed by atoms with Gasteiger partial charge in [-0.2, -0.15) is 0 Å². The van der Waals surface area contributed by atoms with Crippen molar-refractivity contribution in [1.29, 1.82) is 0 Å². The highest BCUT2D eigenvalue weighted by molar-refractivity contribution is 7.11. The molecule has 0 aliphatic carbocycles. The van der Waals surface area contributed by atoms with E-state index in [1.54, 1.807) is 11.7 Å². The Kier molecular flexibility index (Phi) is 2.44. The van der Waals surface area contributed by atoms with E-state index in [-0.39, 0.29) is 11.9 Å². The van der Waals surface area contributed by atoms with Crippen LogP contribution in [0.15, 0.2) is 11.7 Å². The van der Waals surface area contributed by atoms with Gasteiger partial charge in [0.1, 0.15) is 4.88 Å². The number of hydrogen-bond donors (Lipinski definition) is 1. The average Bonchev–Trinajstić information content (AvgIpc) is 2.85. The molecule has 0 spiro atoms. The van der Waals surface area contributed by atoms with Crippen LogP contribution in [-0.2, 0) is 0 Å². The van der Waals surface area contributed by atoms with Crippen molar-refractivity contribution < 1.29 is 4.79 Å². The number of carbonyl (C=O) groups is 1. The van der Waals surface area contributed by atoms with Crippen LogP contribution in [0.5, 0.6) is 0 Å². The van der Waals surface area contributed by atoms with Crippen LogP contribution in [0.4, 0.5) is 0 Å². The van der Waals surface area contributed by atoms with Gasteiger partial charge in [0.05, 0.1) is 11.7 Å². The predicted molar refractivity (Wildman–Crippen MR) is 62.3 cm³/mol. The number of amides is 1. The van der Waals surface area contributed by atoms with Gasteiger partial charge < -0.3 is 10.6 Å². The van der Waals surface area contributed by atoms with Crippen molar-refractivity contribution in [2.24, 2.45) is 5.73 Å². The number of hydrogen-bond acceptors (Lipinski definition) is 4. The smallest absolute Gasteiger partial charge is 0.266 e. The fraction of sp³-hybridized carbons (Fsp3) is 0.636. The third-order valence-corrected chi connectivity index (χ3v) is 4.41. The minimum atomic E-state index is 0.155. The summed E-state index contributed by atoms with van der Waals surface area (Å²) >= 11 is 1.42. The standard InChI is InChI=1S/C11H15N3OS/c12-7-3-8-1-2-9(4-7)14(8)11(15)10-5-13-6-16-10/h5-9H,1-4,12H2. The van der Waals surface area contributed by atoms with Gasteiger partial charge in [-0.15, -0.1) is 11.3 Å². The first kappa shape index (κ1) is 10.2. The number of thiazole rings is 1. The molecule has 2 unspecified atom stereocenters. The Morgan fingerprint density at radius 2 is 2.12 bits per heavy atom. The molecule has 2 N–H and O–H groups in total. The Hall–Kier alpha value is -0.940. The van der Waals surface area contributed by atoms with E-state index >= 15 is 0 Å². The SMILES string of the molecule is NC1CC2CCC(C1)N2C(=O)c1cncs1. The maximum absolute atomic E-state index is 12.3. The van der Waals surface area contributed by atoms with E-state index < -0.39 is 0 Å². The summed E-state index contributed by atoms with van der Waals surface area (Å²) in [6.45, 7) is 0. The minimum Gasteiger partial charge on any atom is -0.332 e. The molecular formula is C11H15N3OS. The second kappa shape index (κ2) is 3.82. The molecule has 3 heterocycles. The van der Waals surface area contributed by atoms with Crippen molar-refractivity contribution in [2.75, 3.05) is 0 Å². The molecule has 0 saturated carbocycles. The molecule has 2 atom stereocenters. The highest BCUT2D eigenvalue weighted by Crippen LogP contribution is 2.36. The molecule has 2 aliphatic heterocycles. The average molecular weight is 237 g/mol. The van der Waals surface area contributed by atoms with Crippen molar-refractivity contribution >= 4 is 17.2 Å². The van der Waals surface area contributed by atoms with Gasteiger partial charge in [0.25, 0.3) is 5.91 Å². The molecule has 0 radical (unpaired) electrons. The van der Waals surface area contributed by atoms with Gasteiger partial charge in [0.15, 0.2) is 0 Å². The number of rotatable bonds is 1. The van der Waals surface area contributed by atoms with Crippen molar-refractivity contribution in [2.45, 2.75) is 43.8 Å². The lowest BCUT2D eigenvalue weighted by Gasteiger charge is -2.37. The third-order valence-electron chi connectivity index (χ3n) is 3.65. The lowest BCUT2D eigenvalue weighted by Crippen LogP contribution is -2.49. The second-order valence-electron chi connectivity index (χ2n) is 4.69. The van der Waals surface area contributed by atoms with E-state index in [1.165, 1.54) is 11.3 Å². The van der Waals surface area contributed by atoms with Gasteiger partial charge in [-0.05, 0) is 25.7 Å².